The Balaban J connectivity index is 1.66. The summed E-state index contributed by atoms with van der Waals surface area (Å²) in [6.07, 6.45) is 1.35. The number of amides is 2. The topological polar surface area (TPSA) is 143 Å². The van der Waals surface area contributed by atoms with E-state index >= 15 is 0 Å². The van der Waals surface area contributed by atoms with Crippen molar-refractivity contribution < 1.29 is 28.2 Å². The van der Waals surface area contributed by atoms with Gasteiger partial charge in [0.05, 0.1) is 45.0 Å². The number of hydrogen-bond donors (Lipinski definition) is 2. The number of ether oxygens (including phenoxy) is 3. The molecule has 0 fully saturated rings. The molecule has 0 atom stereocenters. The van der Waals surface area contributed by atoms with Gasteiger partial charge in [0.25, 0.3) is 5.56 Å². The number of nitrogens with one attached hydrogen (secondary N) is 2. The molecular formula is C27H28N4O8. The highest BCUT2D eigenvalue weighted by Crippen LogP contribution is 2.30. The molecule has 4 rings (SSSR count). The van der Waals surface area contributed by atoms with Gasteiger partial charge >= 0.3 is 5.69 Å². The summed E-state index contributed by atoms with van der Waals surface area (Å²) in [6.45, 7) is -0.431. The van der Waals surface area contributed by atoms with Crippen LogP contribution < -0.4 is 36.1 Å². The molecule has 12 heteroatoms. The first-order chi connectivity index (χ1) is 18.8. The maximum Gasteiger partial charge on any atom is 0.331 e. The summed E-state index contributed by atoms with van der Waals surface area (Å²) in [7, 11) is 4.38. The minimum Gasteiger partial charge on any atom is -0.497 e. The number of aromatic nitrogens is 2. The van der Waals surface area contributed by atoms with Gasteiger partial charge in [0.15, 0.2) is 11.5 Å². The second-order valence-electron chi connectivity index (χ2n) is 8.43. The van der Waals surface area contributed by atoms with Crippen LogP contribution in [0.2, 0.25) is 0 Å². The second kappa shape index (κ2) is 12.0. The first-order valence-electron chi connectivity index (χ1n) is 12.0. The second-order valence-corrected chi connectivity index (χ2v) is 8.43. The average molecular weight is 537 g/mol. The summed E-state index contributed by atoms with van der Waals surface area (Å²) in [4.78, 5) is 52.2. The number of hydrogen-bond acceptors (Lipinski definition) is 8. The molecule has 2 amide bonds. The first kappa shape index (κ1) is 27.0. The normalized spacial score (nSPS) is 10.7. The van der Waals surface area contributed by atoms with E-state index < -0.39 is 23.7 Å². The van der Waals surface area contributed by atoms with Crippen LogP contribution in [-0.2, 0) is 29.2 Å². The van der Waals surface area contributed by atoms with Crippen molar-refractivity contribution in [2.75, 3.05) is 26.6 Å². The summed E-state index contributed by atoms with van der Waals surface area (Å²) in [5.74, 6) is 0.864. The lowest BCUT2D eigenvalue weighted by atomic mass is 10.2. The van der Waals surface area contributed by atoms with Gasteiger partial charge in [-0.15, -0.1) is 0 Å². The van der Waals surface area contributed by atoms with Crippen LogP contribution in [0.3, 0.4) is 0 Å². The molecule has 0 aliphatic carbocycles. The largest absolute Gasteiger partial charge is 0.497 e. The number of fused-ring (bicyclic) bond motifs is 1. The minimum absolute atomic E-state index is 0.125. The molecule has 0 aliphatic heterocycles. The van der Waals surface area contributed by atoms with Gasteiger partial charge in [0.1, 0.15) is 18.1 Å². The highest BCUT2D eigenvalue weighted by molar-refractivity contribution is 5.92. The molecule has 0 saturated carbocycles. The van der Waals surface area contributed by atoms with Crippen LogP contribution in [0, 0.1) is 0 Å². The summed E-state index contributed by atoms with van der Waals surface area (Å²) >= 11 is 0. The van der Waals surface area contributed by atoms with Crippen molar-refractivity contribution in [3.05, 3.63) is 81.4 Å². The molecular weight excluding hydrogens is 508 g/mol. The van der Waals surface area contributed by atoms with Crippen molar-refractivity contribution >= 4 is 28.4 Å². The highest BCUT2D eigenvalue weighted by atomic mass is 16.5. The van der Waals surface area contributed by atoms with Crippen LogP contribution in [-0.4, -0.2) is 42.3 Å². The number of rotatable bonds is 11. The van der Waals surface area contributed by atoms with Crippen molar-refractivity contribution in [3.63, 3.8) is 0 Å². The highest BCUT2D eigenvalue weighted by Gasteiger charge is 2.19. The van der Waals surface area contributed by atoms with Crippen LogP contribution >= 0.6 is 0 Å². The maximum absolute atomic E-state index is 13.5. The molecule has 0 spiro atoms. The van der Waals surface area contributed by atoms with E-state index in [0.717, 1.165) is 9.13 Å². The molecule has 2 N–H and O–H groups in total. The zero-order valence-corrected chi connectivity index (χ0v) is 21.7. The molecule has 39 heavy (non-hydrogen) atoms. The standard InChI is InChI=1S/C27H28N4O8/c1-36-18-8-6-17(7-9-18)29-25(33)16-31-21-14-23(38-3)22(37-2)13-20(21)26(34)30(27(31)35)11-10-24(32)28-15-19-5-4-12-39-19/h4-9,12-14H,10-11,15-16H2,1-3H3,(H,28,32)(H,29,33). The summed E-state index contributed by atoms with van der Waals surface area (Å²) in [6, 6.07) is 13.0. The Bertz CT molecular complexity index is 1590. The molecule has 2 aromatic heterocycles. The van der Waals surface area contributed by atoms with Gasteiger partial charge in [0.2, 0.25) is 11.8 Å². The van der Waals surface area contributed by atoms with Crippen LogP contribution in [0.25, 0.3) is 10.9 Å². The third-order valence-corrected chi connectivity index (χ3v) is 6.01. The van der Waals surface area contributed by atoms with Crippen LogP contribution in [0.15, 0.2) is 68.8 Å². The van der Waals surface area contributed by atoms with E-state index in [0.29, 0.717) is 17.2 Å². The van der Waals surface area contributed by atoms with Gasteiger partial charge in [-0.1, -0.05) is 0 Å². The van der Waals surface area contributed by atoms with Crippen molar-refractivity contribution in [1.29, 1.82) is 0 Å². The van der Waals surface area contributed by atoms with Crippen molar-refractivity contribution in [2.45, 2.75) is 26.1 Å². The Labute approximate surface area is 222 Å². The fraction of sp³-hybridized carbons (Fsp3) is 0.259. The quantitative estimate of drug-likeness (QED) is 0.297. The van der Waals surface area contributed by atoms with Gasteiger partial charge in [-0.2, -0.15) is 0 Å². The van der Waals surface area contributed by atoms with Gasteiger partial charge in [0, 0.05) is 24.7 Å². The molecule has 0 radical (unpaired) electrons. The molecule has 12 nitrogen and oxygen atoms in total. The Kier molecular flexibility index (Phi) is 8.34. The van der Waals surface area contributed by atoms with E-state index in [1.165, 1.54) is 39.7 Å². The fourth-order valence-electron chi connectivity index (χ4n) is 4.01. The summed E-state index contributed by atoms with van der Waals surface area (Å²) in [5, 5.41) is 5.53. The Morgan fingerprint density at radius 1 is 0.897 bits per heavy atom. The smallest absolute Gasteiger partial charge is 0.331 e. The van der Waals surface area contributed by atoms with E-state index in [1.54, 1.807) is 36.4 Å². The molecule has 0 unspecified atom stereocenters. The number of carbonyl (C=O) groups excluding carboxylic acids is 2. The van der Waals surface area contributed by atoms with Gasteiger partial charge in [-0.05, 0) is 42.5 Å². The van der Waals surface area contributed by atoms with Crippen LogP contribution in [0.5, 0.6) is 17.2 Å². The predicted molar refractivity (Wildman–Crippen MR) is 142 cm³/mol. The third kappa shape index (κ3) is 6.12. The van der Waals surface area contributed by atoms with Crippen LogP contribution in [0.1, 0.15) is 12.2 Å². The van der Waals surface area contributed by atoms with Gasteiger partial charge in [-0.3, -0.25) is 23.5 Å². The molecule has 0 aliphatic rings. The average Bonchev–Trinajstić information content (AvgIpc) is 3.47. The van der Waals surface area contributed by atoms with Crippen LogP contribution in [0.4, 0.5) is 5.69 Å². The predicted octanol–water partition coefficient (Wildman–Crippen LogP) is 2.13. The molecule has 2 aromatic carbocycles. The number of anilines is 1. The van der Waals surface area contributed by atoms with E-state index in [1.807, 2.05) is 0 Å². The molecule has 2 heterocycles. The van der Waals surface area contributed by atoms with Gasteiger partial charge < -0.3 is 29.3 Å². The zero-order valence-electron chi connectivity index (χ0n) is 21.7. The van der Waals surface area contributed by atoms with E-state index in [-0.39, 0.29) is 47.8 Å². The van der Waals surface area contributed by atoms with Crippen molar-refractivity contribution in [2.24, 2.45) is 0 Å². The lowest BCUT2D eigenvalue weighted by molar-refractivity contribution is -0.121. The molecule has 204 valence electrons. The van der Waals surface area contributed by atoms with Crippen molar-refractivity contribution in [3.8, 4) is 17.2 Å². The zero-order chi connectivity index (χ0) is 27.9. The Morgan fingerprint density at radius 3 is 2.26 bits per heavy atom. The Hall–Kier alpha value is -5.00. The summed E-state index contributed by atoms with van der Waals surface area (Å²) in [5.41, 5.74) is -0.685. The number of furan rings is 1. The maximum atomic E-state index is 13.5. The molecule has 0 saturated heterocycles. The molecule has 4 aromatic rings. The summed E-state index contributed by atoms with van der Waals surface area (Å²) < 4.78 is 23.1. The van der Waals surface area contributed by atoms with E-state index in [2.05, 4.69) is 10.6 Å². The van der Waals surface area contributed by atoms with Gasteiger partial charge in [-0.25, -0.2) is 4.79 Å². The van der Waals surface area contributed by atoms with E-state index in [9.17, 15) is 19.2 Å². The first-order valence-corrected chi connectivity index (χ1v) is 12.0. The minimum atomic E-state index is -0.747. The SMILES string of the molecule is COc1ccc(NC(=O)Cn2c(=O)n(CCC(=O)NCc3ccco3)c(=O)c3cc(OC)c(OC)cc32)cc1. The number of methoxy groups -OCH3 is 3. The number of carbonyl (C=O) groups is 2. The monoisotopic (exact) mass is 536 g/mol. The Morgan fingerprint density at radius 2 is 1.62 bits per heavy atom. The lowest BCUT2D eigenvalue weighted by Gasteiger charge is -2.16. The number of benzene rings is 2. The number of nitrogens with zero attached hydrogens (tertiary/aromatic N) is 2. The van der Waals surface area contributed by atoms with E-state index in [4.69, 9.17) is 18.6 Å². The molecule has 0 bridgehead atoms. The third-order valence-electron chi connectivity index (χ3n) is 6.01. The fourth-order valence-corrected chi connectivity index (χ4v) is 4.01. The lowest BCUT2D eigenvalue weighted by Crippen LogP contribution is -2.42. The van der Waals surface area contributed by atoms with Crippen molar-refractivity contribution in [1.82, 2.24) is 14.5 Å².